The van der Waals surface area contributed by atoms with Gasteiger partial charge in [0, 0.05) is 34.7 Å². The predicted molar refractivity (Wildman–Crippen MR) is 165 cm³/mol. The number of phenolic OH excluding ortho intramolecular Hbond substituents is 2. The van der Waals surface area contributed by atoms with E-state index in [1.165, 1.54) is 11.1 Å². The molecule has 0 amide bonds. The summed E-state index contributed by atoms with van der Waals surface area (Å²) in [6, 6.07) is 8.31. The van der Waals surface area contributed by atoms with Gasteiger partial charge in [0.1, 0.15) is 11.5 Å². The van der Waals surface area contributed by atoms with Crippen LogP contribution in [0.2, 0.25) is 0 Å². The molecule has 0 heterocycles. The Labute approximate surface area is 298 Å². The van der Waals surface area contributed by atoms with Gasteiger partial charge in [0.15, 0.2) is 0 Å². The number of aliphatic imine (C=N–C) groups is 2. The van der Waals surface area contributed by atoms with Gasteiger partial charge in [0.05, 0.1) is 12.1 Å². The molecule has 0 spiro atoms. The standard InChI is InChI=1S/C34H52N2O2.3BrH.Co/c1-30(2,3)24-15-22(28(37)26(17-24)32(7,8)9)19-35-21-34(13,14)36-20-23-16-25(31(4,5)6)18-27(29(23)38)33(10,11)12;;;;/h15-20,37-38H,21H2,1-14H3;3*1H;/q;;;;+3/p-3. The van der Waals surface area contributed by atoms with E-state index in [-0.39, 0.29) is 101 Å². The van der Waals surface area contributed by atoms with Gasteiger partial charge in [-0.05, 0) is 58.8 Å². The summed E-state index contributed by atoms with van der Waals surface area (Å²) in [6.07, 6.45) is 3.55. The van der Waals surface area contributed by atoms with Gasteiger partial charge < -0.3 is 61.2 Å². The third-order valence-corrected chi connectivity index (χ3v) is 6.89. The zero-order valence-corrected chi connectivity index (χ0v) is 33.7. The number of halogens is 3. The first kappa shape index (κ1) is 45.8. The molecule has 0 unspecified atom stereocenters. The number of aromatic hydroxyl groups is 2. The van der Waals surface area contributed by atoms with Gasteiger partial charge in [0.2, 0.25) is 0 Å². The molecule has 0 radical (unpaired) electrons. The zero-order valence-electron chi connectivity index (χ0n) is 27.9. The van der Waals surface area contributed by atoms with Crippen molar-refractivity contribution in [2.45, 2.75) is 124 Å². The first-order valence-electron chi connectivity index (χ1n) is 13.7. The molecule has 0 fully saturated rings. The SMILES string of the molecule is CC(C)(CN=Cc1cc(C(C)(C)C)cc(C(C)(C)C)c1O)N=Cc1cc(C(C)(C)C)cc(C(C)(C)C)c1O.[Br-].[Br-].[Br-].[Co+3]. The van der Waals surface area contributed by atoms with Crippen LogP contribution in [0.4, 0.5) is 0 Å². The quantitative estimate of drug-likeness (QED) is 0.405. The molecule has 0 bridgehead atoms. The summed E-state index contributed by atoms with van der Waals surface area (Å²) in [5.41, 5.74) is 4.67. The minimum atomic E-state index is -0.493. The average Bonchev–Trinajstić information content (AvgIpc) is 2.70. The van der Waals surface area contributed by atoms with Crippen molar-refractivity contribution in [2.75, 3.05) is 6.54 Å². The van der Waals surface area contributed by atoms with E-state index in [4.69, 9.17) is 9.98 Å². The number of hydrogen-bond donors (Lipinski definition) is 2. The third-order valence-electron chi connectivity index (χ3n) is 6.89. The summed E-state index contributed by atoms with van der Waals surface area (Å²) in [5, 5.41) is 22.2. The van der Waals surface area contributed by atoms with Crippen molar-refractivity contribution in [1.29, 1.82) is 0 Å². The number of rotatable bonds is 5. The Morgan fingerprint density at radius 3 is 1.19 bits per heavy atom. The van der Waals surface area contributed by atoms with Gasteiger partial charge in [-0.15, -0.1) is 0 Å². The Balaban J connectivity index is -0.00000380. The van der Waals surface area contributed by atoms with Crippen LogP contribution in [0.25, 0.3) is 0 Å². The van der Waals surface area contributed by atoms with E-state index in [0.717, 1.165) is 22.3 Å². The Hall–Kier alpha value is -0.674. The largest absolute Gasteiger partial charge is 3.00 e. The van der Waals surface area contributed by atoms with Crippen LogP contribution in [0.15, 0.2) is 34.3 Å². The topological polar surface area (TPSA) is 65.2 Å². The van der Waals surface area contributed by atoms with Crippen molar-refractivity contribution in [2.24, 2.45) is 9.98 Å². The maximum atomic E-state index is 11.1. The molecule has 2 aromatic carbocycles. The normalized spacial score (nSPS) is 12.8. The van der Waals surface area contributed by atoms with Crippen LogP contribution in [0.3, 0.4) is 0 Å². The first-order chi connectivity index (χ1) is 16.9. The van der Waals surface area contributed by atoms with E-state index >= 15 is 0 Å². The summed E-state index contributed by atoms with van der Waals surface area (Å²) in [7, 11) is 0. The van der Waals surface area contributed by atoms with E-state index in [9.17, 15) is 10.2 Å². The predicted octanol–water partition coefficient (Wildman–Crippen LogP) is -0.386. The summed E-state index contributed by atoms with van der Waals surface area (Å²) >= 11 is 0. The van der Waals surface area contributed by atoms with E-state index in [2.05, 4.69) is 95.2 Å². The van der Waals surface area contributed by atoms with Crippen molar-refractivity contribution in [3.63, 3.8) is 0 Å². The van der Waals surface area contributed by atoms with Crippen LogP contribution >= 0.6 is 0 Å². The van der Waals surface area contributed by atoms with Crippen LogP contribution in [0.1, 0.15) is 130 Å². The van der Waals surface area contributed by atoms with Crippen LogP contribution in [-0.4, -0.2) is 34.7 Å². The van der Waals surface area contributed by atoms with Gasteiger partial charge in [-0.25, -0.2) is 0 Å². The molecule has 2 rings (SSSR count). The van der Waals surface area contributed by atoms with Gasteiger partial charge in [0.25, 0.3) is 0 Å². The van der Waals surface area contributed by atoms with E-state index in [1.807, 2.05) is 26.0 Å². The number of benzene rings is 2. The minimum Gasteiger partial charge on any atom is -1.00 e. The molecular weight excluding hydrogens is 767 g/mol. The Morgan fingerprint density at radius 2 is 0.881 bits per heavy atom. The summed E-state index contributed by atoms with van der Waals surface area (Å²) in [6.45, 7) is 30.3. The van der Waals surface area contributed by atoms with Gasteiger partial charge in [-0.2, -0.15) is 0 Å². The second-order valence-electron chi connectivity index (χ2n) is 15.5. The fraction of sp³-hybridized carbons (Fsp3) is 0.588. The first-order valence-corrected chi connectivity index (χ1v) is 13.7. The van der Waals surface area contributed by atoms with Crippen LogP contribution in [0, 0.1) is 0 Å². The minimum absolute atomic E-state index is 0. The van der Waals surface area contributed by atoms with E-state index in [0.29, 0.717) is 6.54 Å². The number of hydrogen-bond acceptors (Lipinski definition) is 4. The van der Waals surface area contributed by atoms with Crippen molar-refractivity contribution in [1.82, 2.24) is 0 Å². The molecule has 0 saturated carbocycles. The molecule has 0 atom stereocenters. The third kappa shape index (κ3) is 12.4. The molecule has 2 aromatic rings. The molecular formula is C34H52Br3CoN2O2. The van der Waals surface area contributed by atoms with Crippen molar-refractivity contribution in [3.05, 3.63) is 57.6 Å². The maximum Gasteiger partial charge on any atom is 3.00 e. The van der Waals surface area contributed by atoms with Crippen molar-refractivity contribution < 1.29 is 77.9 Å². The second kappa shape index (κ2) is 16.1. The molecule has 0 aliphatic rings. The summed E-state index contributed by atoms with van der Waals surface area (Å²) < 4.78 is 0. The smallest absolute Gasteiger partial charge is 1.00 e. The summed E-state index contributed by atoms with van der Waals surface area (Å²) in [5.74, 6) is 0.571. The Kier molecular flexibility index (Phi) is 17.5. The van der Waals surface area contributed by atoms with Crippen molar-refractivity contribution >= 4 is 12.4 Å². The fourth-order valence-electron chi connectivity index (χ4n) is 4.17. The zero-order chi connectivity index (χ0) is 29.5. The fourth-order valence-corrected chi connectivity index (χ4v) is 4.17. The molecule has 2 N–H and O–H groups in total. The van der Waals surface area contributed by atoms with Gasteiger partial charge >= 0.3 is 16.8 Å². The second-order valence-corrected chi connectivity index (χ2v) is 15.5. The van der Waals surface area contributed by atoms with Crippen LogP contribution < -0.4 is 50.9 Å². The number of phenols is 2. The number of nitrogens with zero attached hydrogens (tertiary/aromatic N) is 2. The van der Waals surface area contributed by atoms with Crippen LogP contribution in [0.5, 0.6) is 11.5 Å². The molecule has 8 heteroatoms. The van der Waals surface area contributed by atoms with Gasteiger partial charge in [-0.3, -0.25) is 9.98 Å². The monoisotopic (exact) mass is 816 g/mol. The molecule has 0 saturated heterocycles. The molecule has 42 heavy (non-hydrogen) atoms. The molecule has 240 valence electrons. The Bertz CT molecular complexity index is 1230. The van der Waals surface area contributed by atoms with Crippen molar-refractivity contribution in [3.8, 4) is 11.5 Å². The Morgan fingerprint density at radius 1 is 0.548 bits per heavy atom. The summed E-state index contributed by atoms with van der Waals surface area (Å²) in [4.78, 5) is 9.55. The molecule has 4 nitrogen and oxygen atoms in total. The van der Waals surface area contributed by atoms with E-state index in [1.54, 1.807) is 12.4 Å². The maximum absolute atomic E-state index is 11.1. The molecule has 0 aliphatic heterocycles. The average molecular weight is 819 g/mol. The van der Waals surface area contributed by atoms with Gasteiger partial charge in [-0.1, -0.05) is 95.2 Å². The van der Waals surface area contributed by atoms with Crippen LogP contribution in [-0.2, 0) is 38.4 Å². The molecule has 0 aromatic heterocycles. The van der Waals surface area contributed by atoms with E-state index < -0.39 is 5.54 Å². The molecule has 0 aliphatic carbocycles.